The summed E-state index contributed by atoms with van der Waals surface area (Å²) in [5.74, 6) is 0.595. The Balaban J connectivity index is 2.06. The smallest absolute Gasteiger partial charge is 0.292 e. The van der Waals surface area contributed by atoms with Crippen LogP contribution in [0.15, 0.2) is 18.2 Å². The minimum absolute atomic E-state index is 0.0524. The second-order valence-electron chi connectivity index (χ2n) is 4.51. The van der Waals surface area contributed by atoms with E-state index in [1.54, 1.807) is 12.1 Å². The molecule has 0 aliphatic carbocycles. The molecule has 1 N–H and O–H groups in total. The first-order valence-electron chi connectivity index (χ1n) is 6.38. The van der Waals surface area contributed by atoms with Crippen molar-refractivity contribution in [3.05, 3.63) is 28.3 Å². The molecule has 1 heterocycles. The number of nitrogens with zero attached hydrogens (tertiary/aromatic N) is 1. The molecule has 6 heteroatoms. The van der Waals surface area contributed by atoms with Crippen LogP contribution in [0, 0.1) is 10.1 Å². The Morgan fingerprint density at radius 1 is 1.53 bits per heavy atom. The molecule has 0 amide bonds. The summed E-state index contributed by atoms with van der Waals surface area (Å²) in [7, 11) is 1.54. The highest BCUT2D eigenvalue weighted by Gasteiger charge is 2.18. The number of nitrogens with one attached hydrogen (secondary N) is 1. The van der Waals surface area contributed by atoms with Crippen LogP contribution in [0.25, 0.3) is 0 Å². The quantitative estimate of drug-likeness (QED) is 0.655. The molecule has 0 bridgehead atoms. The zero-order valence-electron chi connectivity index (χ0n) is 10.9. The molecule has 6 nitrogen and oxygen atoms in total. The zero-order chi connectivity index (χ0) is 13.7. The predicted molar refractivity (Wildman–Crippen MR) is 71.7 cm³/mol. The second-order valence-corrected chi connectivity index (χ2v) is 4.51. The van der Waals surface area contributed by atoms with Crippen LogP contribution in [0.3, 0.4) is 0 Å². The molecule has 0 spiro atoms. The molecule has 2 rings (SSSR count). The van der Waals surface area contributed by atoms with Crippen LogP contribution >= 0.6 is 0 Å². The van der Waals surface area contributed by atoms with Crippen molar-refractivity contribution in [1.82, 2.24) is 0 Å². The van der Waals surface area contributed by atoms with Gasteiger partial charge in [-0.15, -0.1) is 0 Å². The molecule has 1 unspecified atom stereocenters. The average molecular weight is 266 g/mol. The fourth-order valence-corrected chi connectivity index (χ4v) is 2.14. The lowest BCUT2D eigenvalue weighted by Crippen LogP contribution is -2.27. The van der Waals surface area contributed by atoms with E-state index in [1.807, 2.05) is 0 Å². The van der Waals surface area contributed by atoms with Gasteiger partial charge in [-0.25, -0.2) is 0 Å². The van der Waals surface area contributed by atoms with E-state index in [4.69, 9.17) is 9.47 Å². The Labute approximate surface area is 111 Å². The first-order valence-corrected chi connectivity index (χ1v) is 6.38. The molecule has 0 saturated carbocycles. The van der Waals surface area contributed by atoms with Crippen LogP contribution in [-0.2, 0) is 4.74 Å². The van der Waals surface area contributed by atoms with Crippen molar-refractivity contribution >= 4 is 11.4 Å². The standard InChI is InChI=1S/C13H18N2O4/c1-18-10-5-6-13(15(16)17)12(8-10)14-9-11-4-2-3-7-19-11/h5-6,8,11,14H,2-4,7,9H2,1H3. The Kier molecular flexibility index (Phi) is 4.57. The summed E-state index contributed by atoms with van der Waals surface area (Å²) in [6.45, 7) is 1.35. The van der Waals surface area contributed by atoms with Gasteiger partial charge in [0.25, 0.3) is 5.69 Å². The van der Waals surface area contributed by atoms with Crippen LogP contribution in [0.4, 0.5) is 11.4 Å². The average Bonchev–Trinajstić information content (AvgIpc) is 2.45. The number of rotatable bonds is 5. The van der Waals surface area contributed by atoms with Crippen LogP contribution < -0.4 is 10.1 Å². The lowest BCUT2D eigenvalue weighted by molar-refractivity contribution is -0.384. The summed E-state index contributed by atoms with van der Waals surface area (Å²) in [5, 5.41) is 14.1. The van der Waals surface area contributed by atoms with Crippen molar-refractivity contribution in [2.24, 2.45) is 0 Å². The van der Waals surface area contributed by atoms with E-state index in [0.717, 1.165) is 25.9 Å². The van der Waals surface area contributed by atoms with Gasteiger partial charge in [0.2, 0.25) is 0 Å². The van der Waals surface area contributed by atoms with Crippen LogP contribution in [0.1, 0.15) is 19.3 Å². The van der Waals surface area contributed by atoms with Crippen molar-refractivity contribution in [2.45, 2.75) is 25.4 Å². The molecule has 1 aliphatic rings. The topological polar surface area (TPSA) is 73.6 Å². The van der Waals surface area contributed by atoms with Crippen molar-refractivity contribution in [2.75, 3.05) is 25.6 Å². The molecule has 1 saturated heterocycles. The largest absolute Gasteiger partial charge is 0.497 e. The minimum atomic E-state index is -0.399. The first kappa shape index (κ1) is 13.6. The monoisotopic (exact) mass is 266 g/mol. The minimum Gasteiger partial charge on any atom is -0.497 e. The molecule has 1 atom stereocenters. The Morgan fingerprint density at radius 2 is 2.37 bits per heavy atom. The number of nitro benzene ring substituents is 1. The van der Waals surface area contributed by atoms with Gasteiger partial charge in [0, 0.05) is 25.3 Å². The zero-order valence-corrected chi connectivity index (χ0v) is 10.9. The Morgan fingerprint density at radius 3 is 3.00 bits per heavy atom. The normalized spacial score (nSPS) is 18.9. The Hall–Kier alpha value is -1.82. The molecule has 1 fully saturated rings. The van der Waals surface area contributed by atoms with Gasteiger partial charge in [-0.1, -0.05) is 0 Å². The lowest BCUT2D eigenvalue weighted by atomic mass is 10.1. The summed E-state index contributed by atoms with van der Waals surface area (Å²) in [4.78, 5) is 10.6. The van der Waals surface area contributed by atoms with E-state index < -0.39 is 4.92 Å². The fourth-order valence-electron chi connectivity index (χ4n) is 2.14. The second kappa shape index (κ2) is 6.38. The highest BCUT2D eigenvalue weighted by molar-refractivity contribution is 5.64. The van der Waals surface area contributed by atoms with Gasteiger partial charge < -0.3 is 14.8 Å². The molecule has 0 radical (unpaired) electrons. The summed E-state index contributed by atoms with van der Waals surface area (Å²) in [6, 6.07) is 4.67. The number of methoxy groups -OCH3 is 1. The summed E-state index contributed by atoms with van der Waals surface area (Å²) >= 11 is 0. The Bertz CT molecular complexity index is 444. The van der Waals surface area contributed by atoms with Gasteiger partial charge in [-0.05, 0) is 25.3 Å². The van der Waals surface area contributed by atoms with Crippen LogP contribution in [0.5, 0.6) is 5.75 Å². The van der Waals surface area contributed by atoms with E-state index in [9.17, 15) is 10.1 Å². The summed E-state index contributed by atoms with van der Waals surface area (Å²) < 4.78 is 10.7. The molecular formula is C13H18N2O4. The van der Waals surface area contributed by atoms with E-state index in [2.05, 4.69) is 5.32 Å². The third kappa shape index (κ3) is 3.57. The van der Waals surface area contributed by atoms with Gasteiger partial charge >= 0.3 is 0 Å². The molecule has 19 heavy (non-hydrogen) atoms. The number of hydrogen-bond donors (Lipinski definition) is 1. The summed E-state index contributed by atoms with van der Waals surface area (Å²) in [6.07, 6.45) is 3.35. The highest BCUT2D eigenvalue weighted by atomic mass is 16.6. The van der Waals surface area contributed by atoms with Gasteiger partial charge in [0.15, 0.2) is 0 Å². The molecule has 1 aliphatic heterocycles. The van der Waals surface area contributed by atoms with Gasteiger partial charge in [0.05, 0.1) is 18.1 Å². The third-order valence-electron chi connectivity index (χ3n) is 3.19. The van der Waals surface area contributed by atoms with Crippen LogP contribution in [0.2, 0.25) is 0 Å². The van der Waals surface area contributed by atoms with Crippen molar-refractivity contribution < 1.29 is 14.4 Å². The SMILES string of the molecule is COc1ccc([N+](=O)[O-])c(NCC2CCCCO2)c1. The van der Waals surface area contributed by atoms with E-state index in [0.29, 0.717) is 18.0 Å². The predicted octanol–water partition coefficient (Wildman–Crippen LogP) is 2.58. The maximum Gasteiger partial charge on any atom is 0.292 e. The fraction of sp³-hybridized carbons (Fsp3) is 0.538. The number of nitro groups is 1. The third-order valence-corrected chi connectivity index (χ3v) is 3.19. The number of benzene rings is 1. The first-order chi connectivity index (χ1) is 9.20. The molecule has 1 aromatic carbocycles. The van der Waals surface area contributed by atoms with Gasteiger partial charge in [0.1, 0.15) is 11.4 Å². The number of ether oxygens (including phenoxy) is 2. The van der Waals surface area contributed by atoms with Gasteiger partial charge in [-0.3, -0.25) is 10.1 Å². The molecule has 104 valence electrons. The summed E-state index contributed by atoms with van der Waals surface area (Å²) in [5.41, 5.74) is 0.523. The number of anilines is 1. The molecule has 1 aromatic rings. The van der Waals surface area contributed by atoms with E-state index in [-0.39, 0.29) is 11.8 Å². The number of hydrogen-bond acceptors (Lipinski definition) is 5. The molecular weight excluding hydrogens is 248 g/mol. The highest BCUT2D eigenvalue weighted by Crippen LogP contribution is 2.29. The lowest BCUT2D eigenvalue weighted by Gasteiger charge is -2.23. The molecule has 0 aromatic heterocycles. The maximum atomic E-state index is 11.0. The van der Waals surface area contributed by atoms with Crippen LogP contribution in [-0.4, -0.2) is 31.3 Å². The maximum absolute atomic E-state index is 11.0. The van der Waals surface area contributed by atoms with Crippen molar-refractivity contribution in [3.63, 3.8) is 0 Å². The van der Waals surface area contributed by atoms with E-state index >= 15 is 0 Å². The van der Waals surface area contributed by atoms with E-state index in [1.165, 1.54) is 13.2 Å². The van der Waals surface area contributed by atoms with Crippen molar-refractivity contribution in [1.29, 1.82) is 0 Å². The van der Waals surface area contributed by atoms with Gasteiger partial charge in [-0.2, -0.15) is 0 Å². The van der Waals surface area contributed by atoms with Crippen molar-refractivity contribution in [3.8, 4) is 5.75 Å².